The van der Waals surface area contributed by atoms with Crippen molar-refractivity contribution in [2.45, 2.75) is 52.6 Å². The topological polar surface area (TPSA) is 70.4 Å². The summed E-state index contributed by atoms with van der Waals surface area (Å²) in [6, 6.07) is 24.0. The average molecular weight is 490 g/mol. The number of carboxylic acids is 1. The van der Waals surface area contributed by atoms with Crippen LogP contribution in [0.5, 0.6) is 0 Å². The van der Waals surface area contributed by atoms with Gasteiger partial charge in [0.2, 0.25) is 0 Å². The van der Waals surface area contributed by atoms with Gasteiger partial charge in [-0.05, 0) is 92.6 Å². The highest BCUT2D eigenvalue weighted by Gasteiger charge is 2.17. The molecule has 1 aromatic heterocycles. The molecule has 35 heavy (non-hydrogen) atoms. The number of pyridine rings is 1. The second-order valence-electron chi connectivity index (χ2n) is 9.65. The minimum atomic E-state index is -0.847. The van der Waals surface area contributed by atoms with E-state index >= 15 is 0 Å². The van der Waals surface area contributed by atoms with Crippen LogP contribution < -0.4 is 0 Å². The van der Waals surface area contributed by atoms with Crippen molar-refractivity contribution >= 4 is 28.5 Å². The van der Waals surface area contributed by atoms with Gasteiger partial charge in [0.05, 0.1) is 17.5 Å². The number of hydrogen-bond donors (Lipinski definition) is 2. The molecule has 5 heteroatoms. The molecule has 1 heterocycles. The molecule has 4 aromatic rings. The third-order valence-electron chi connectivity index (χ3n) is 5.36. The fourth-order valence-electron chi connectivity index (χ4n) is 3.87. The summed E-state index contributed by atoms with van der Waals surface area (Å²) in [6.07, 6.45) is 1.75. The summed E-state index contributed by atoms with van der Waals surface area (Å²) in [6.45, 7) is 7.18. The van der Waals surface area contributed by atoms with Gasteiger partial charge < -0.3 is 10.2 Å². The highest BCUT2D eigenvalue weighted by molar-refractivity contribution is 6.30. The van der Waals surface area contributed by atoms with Crippen LogP contribution in [-0.2, 0) is 24.1 Å². The summed E-state index contributed by atoms with van der Waals surface area (Å²) in [5.74, 6) is -0.847. The van der Waals surface area contributed by atoms with Crippen LogP contribution in [0.25, 0.3) is 22.0 Å². The van der Waals surface area contributed by atoms with Crippen LogP contribution in [0.3, 0.4) is 0 Å². The number of aliphatic hydroxyl groups is 1. The Labute approximate surface area is 212 Å². The summed E-state index contributed by atoms with van der Waals surface area (Å²) in [4.78, 5) is 16.4. The van der Waals surface area contributed by atoms with E-state index in [2.05, 4.69) is 30.3 Å². The number of nitrogens with zero attached hydrogens (tertiary/aromatic N) is 1. The molecule has 0 saturated carbocycles. The Morgan fingerprint density at radius 2 is 1.57 bits per heavy atom. The zero-order chi connectivity index (χ0) is 25.6. The van der Waals surface area contributed by atoms with Crippen molar-refractivity contribution < 1.29 is 15.0 Å². The van der Waals surface area contributed by atoms with Gasteiger partial charge in [-0.15, -0.1) is 0 Å². The molecule has 0 unspecified atom stereocenters. The second-order valence-corrected chi connectivity index (χ2v) is 10.1. The second kappa shape index (κ2) is 11.5. The number of carboxylic acid groups (broad SMARTS) is 1. The maximum atomic E-state index is 11.5. The van der Waals surface area contributed by atoms with E-state index in [4.69, 9.17) is 21.7 Å². The van der Waals surface area contributed by atoms with E-state index in [0.717, 1.165) is 51.7 Å². The van der Waals surface area contributed by atoms with E-state index in [9.17, 15) is 9.90 Å². The number of carbonyl (C=O) groups is 1. The first kappa shape index (κ1) is 26.4. The minimum absolute atomic E-state index is 0.0323. The Kier molecular flexibility index (Phi) is 8.66. The standard InChI is InChI=1S/C26H22ClNO2.C4H10O/c1-17-15-24-22(14-13-21(28-24)12-7-18-5-3-2-4-6-18)26(23(17)16-25(29)30)19-8-10-20(27)11-9-19;1-4(2,3)5/h2-6,8-11,13-15H,7,12,16H2,1H3,(H,29,30);5H,1-3H3. The molecule has 0 amide bonds. The van der Waals surface area contributed by atoms with Crippen molar-refractivity contribution in [1.29, 1.82) is 0 Å². The summed E-state index contributed by atoms with van der Waals surface area (Å²) in [5.41, 5.74) is 6.32. The predicted octanol–water partition coefficient (Wildman–Crippen LogP) is 7.05. The van der Waals surface area contributed by atoms with E-state index in [0.29, 0.717) is 5.02 Å². The van der Waals surface area contributed by atoms with Crippen molar-refractivity contribution in [3.05, 3.63) is 100 Å². The Morgan fingerprint density at radius 3 is 2.17 bits per heavy atom. The maximum Gasteiger partial charge on any atom is 0.307 e. The first-order chi connectivity index (χ1) is 16.5. The van der Waals surface area contributed by atoms with E-state index in [1.165, 1.54) is 5.56 Å². The van der Waals surface area contributed by atoms with Crippen LogP contribution in [0, 0.1) is 6.92 Å². The lowest BCUT2D eigenvalue weighted by Crippen LogP contribution is -2.10. The zero-order valence-electron chi connectivity index (χ0n) is 20.7. The smallest absolute Gasteiger partial charge is 0.307 e. The van der Waals surface area contributed by atoms with Crippen LogP contribution in [0.4, 0.5) is 0 Å². The molecule has 0 aliphatic carbocycles. The normalized spacial score (nSPS) is 11.1. The summed E-state index contributed by atoms with van der Waals surface area (Å²) >= 11 is 6.07. The fraction of sp³-hybridized carbons (Fsp3) is 0.267. The minimum Gasteiger partial charge on any atom is -0.481 e. The van der Waals surface area contributed by atoms with Gasteiger partial charge in [-0.25, -0.2) is 0 Å². The van der Waals surface area contributed by atoms with E-state index in [1.54, 1.807) is 20.8 Å². The molecule has 4 rings (SSSR count). The van der Waals surface area contributed by atoms with Crippen molar-refractivity contribution in [2.24, 2.45) is 0 Å². The Balaban J connectivity index is 0.000000623. The van der Waals surface area contributed by atoms with E-state index < -0.39 is 11.6 Å². The summed E-state index contributed by atoms with van der Waals surface area (Å²) in [7, 11) is 0. The number of halogens is 1. The van der Waals surface area contributed by atoms with Crippen molar-refractivity contribution in [3.8, 4) is 11.1 Å². The largest absolute Gasteiger partial charge is 0.481 e. The first-order valence-electron chi connectivity index (χ1n) is 11.7. The number of rotatable bonds is 6. The van der Waals surface area contributed by atoms with Crippen LogP contribution in [0.1, 0.15) is 43.2 Å². The van der Waals surface area contributed by atoms with Crippen LogP contribution in [0.2, 0.25) is 5.02 Å². The lowest BCUT2D eigenvalue weighted by molar-refractivity contribution is -0.136. The van der Waals surface area contributed by atoms with Gasteiger partial charge in [0.15, 0.2) is 0 Å². The molecule has 0 atom stereocenters. The molecule has 0 aliphatic rings. The lowest BCUT2D eigenvalue weighted by Gasteiger charge is -2.16. The van der Waals surface area contributed by atoms with Gasteiger partial charge in [0.1, 0.15) is 0 Å². The molecular weight excluding hydrogens is 458 g/mol. The molecule has 0 spiro atoms. The predicted molar refractivity (Wildman–Crippen MR) is 144 cm³/mol. The lowest BCUT2D eigenvalue weighted by atomic mass is 9.90. The number of hydrogen-bond acceptors (Lipinski definition) is 3. The van der Waals surface area contributed by atoms with E-state index in [1.807, 2.05) is 49.4 Å². The van der Waals surface area contributed by atoms with Crippen LogP contribution in [-0.4, -0.2) is 26.8 Å². The Hall–Kier alpha value is -3.21. The molecular formula is C30H32ClNO3. The SMILES string of the molecule is CC(C)(C)O.Cc1cc2nc(CCc3ccccc3)ccc2c(-c2ccc(Cl)cc2)c1CC(=O)O. The van der Waals surface area contributed by atoms with E-state index in [-0.39, 0.29) is 6.42 Å². The Bertz CT molecular complexity index is 1290. The van der Waals surface area contributed by atoms with Crippen molar-refractivity contribution in [3.63, 3.8) is 0 Å². The van der Waals surface area contributed by atoms with Gasteiger partial charge in [-0.3, -0.25) is 9.78 Å². The average Bonchev–Trinajstić information content (AvgIpc) is 2.78. The summed E-state index contributed by atoms with van der Waals surface area (Å²) in [5, 5.41) is 19.6. The highest BCUT2D eigenvalue weighted by atomic mass is 35.5. The summed E-state index contributed by atoms with van der Waals surface area (Å²) < 4.78 is 0. The number of benzene rings is 3. The molecule has 3 aromatic carbocycles. The third kappa shape index (κ3) is 7.91. The van der Waals surface area contributed by atoms with Crippen LogP contribution in [0.15, 0.2) is 72.8 Å². The third-order valence-corrected chi connectivity index (χ3v) is 5.61. The van der Waals surface area contributed by atoms with Gasteiger partial charge >= 0.3 is 5.97 Å². The van der Waals surface area contributed by atoms with Gasteiger partial charge in [-0.2, -0.15) is 0 Å². The quantitative estimate of drug-likeness (QED) is 0.304. The van der Waals surface area contributed by atoms with Gasteiger partial charge in [-0.1, -0.05) is 60.1 Å². The van der Waals surface area contributed by atoms with Crippen molar-refractivity contribution in [2.75, 3.05) is 0 Å². The zero-order valence-corrected chi connectivity index (χ0v) is 21.4. The molecule has 0 bridgehead atoms. The van der Waals surface area contributed by atoms with Crippen LogP contribution >= 0.6 is 11.6 Å². The van der Waals surface area contributed by atoms with Crippen molar-refractivity contribution in [1.82, 2.24) is 4.98 Å². The first-order valence-corrected chi connectivity index (χ1v) is 12.0. The molecule has 2 N–H and O–H groups in total. The number of fused-ring (bicyclic) bond motifs is 1. The highest BCUT2D eigenvalue weighted by Crippen LogP contribution is 2.35. The molecule has 0 aliphatic heterocycles. The molecule has 0 saturated heterocycles. The Morgan fingerprint density at radius 1 is 0.943 bits per heavy atom. The molecule has 4 nitrogen and oxygen atoms in total. The number of aryl methyl sites for hydroxylation is 3. The van der Waals surface area contributed by atoms with Gasteiger partial charge in [0, 0.05) is 16.1 Å². The van der Waals surface area contributed by atoms with Gasteiger partial charge in [0.25, 0.3) is 0 Å². The number of aromatic nitrogens is 1. The molecule has 182 valence electrons. The fourth-order valence-corrected chi connectivity index (χ4v) is 4.00. The maximum absolute atomic E-state index is 11.5. The molecule has 0 fully saturated rings. The number of aliphatic carboxylic acids is 1. The monoisotopic (exact) mass is 489 g/mol. The molecule has 0 radical (unpaired) electrons.